The number of rotatable bonds is 2. The molecule has 1 aromatic rings. The van der Waals surface area contributed by atoms with Crippen LogP contribution in [0.5, 0.6) is 0 Å². The Morgan fingerprint density at radius 1 is 1.46 bits per heavy atom. The molecule has 0 unspecified atom stereocenters. The van der Waals surface area contributed by atoms with Gasteiger partial charge in [-0.1, -0.05) is 0 Å². The van der Waals surface area contributed by atoms with Crippen LogP contribution in [0.3, 0.4) is 0 Å². The normalized spacial score (nSPS) is 12.1. The second kappa shape index (κ2) is 3.33. The van der Waals surface area contributed by atoms with Crippen molar-refractivity contribution in [1.29, 1.82) is 0 Å². The van der Waals surface area contributed by atoms with Crippen LogP contribution in [0.25, 0.3) is 0 Å². The van der Waals surface area contributed by atoms with Gasteiger partial charge in [0.05, 0.1) is 13.2 Å². The van der Waals surface area contributed by atoms with E-state index < -0.39 is 18.6 Å². The topological polar surface area (TPSA) is 50.9 Å². The van der Waals surface area contributed by atoms with E-state index in [1.165, 1.54) is 6.92 Å². The minimum absolute atomic E-state index is 0.0424. The fraction of sp³-hybridized carbons (Fsp3) is 0.667. The number of aliphatic hydroxyl groups is 1. The fourth-order valence-electron chi connectivity index (χ4n) is 0.916. The van der Waals surface area contributed by atoms with Crippen LogP contribution in [0.15, 0.2) is 0 Å². The second-order valence-electron chi connectivity index (χ2n) is 2.43. The average molecular weight is 195 g/mol. The molecule has 0 aromatic carbocycles. The molecule has 0 amide bonds. The molecule has 0 radical (unpaired) electrons. The van der Waals surface area contributed by atoms with Crippen LogP contribution >= 0.6 is 0 Å². The van der Waals surface area contributed by atoms with Crippen LogP contribution in [0.2, 0.25) is 0 Å². The Kier molecular flexibility index (Phi) is 2.55. The van der Waals surface area contributed by atoms with Gasteiger partial charge in [-0.15, -0.1) is 0 Å². The van der Waals surface area contributed by atoms with Crippen molar-refractivity contribution < 1.29 is 18.3 Å². The van der Waals surface area contributed by atoms with E-state index in [2.05, 4.69) is 10.1 Å². The maximum absolute atomic E-state index is 12.2. The quantitative estimate of drug-likeness (QED) is 0.751. The molecule has 4 nitrogen and oxygen atoms in total. The van der Waals surface area contributed by atoms with Crippen molar-refractivity contribution in [3.05, 3.63) is 11.6 Å². The molecule has 13 heavy (non-hydrogen) atoms. The lowest BCUT2D eigenvalue weighted by Crippen LogP contribution is -2.17. The van der Waals surface area contributed by atoms with Gasteiger partial charge in [0.1, 0.15) is 5.82 Å². The molecule has 7 heteroatoms. The molecule has 74 valence electrons. The Labute approximate surface area is 72.0 Å². The van der Waals surface area contributed by atoms with E-state index in [9.17, 15) is 13.2 Å². The van der Waals surface area contributed by atoms with Crippen LogP contribution in [0.4, 0.5) is 13.2 Å². The number of hydrogen-bond donors (Lipinski definition) is 1. The number of aromatic nitrogens is 3. The highest BCUT2D eigenvalue weighted by Gasteiger charge is 2.37. The number of nitrogens with zero attached hydrogens (tertiary/aromatic N) is 3. The zero-order chi connectivity index (χ0) is 10.1. The van der Waals surface area contributed by atoms with Crippen molar-refractivity contribution in [2.24, 2.45) is 0 Å². The van der Waals surface area contributed by atoms with E-state index in [1.807, 2.05) is 0 Å². The summed E-state index contributed by atoms with van der Waals surface area (Å²) in [6.07, 6.45) is -4.52. The van der Waals surface area contributed by atoms with E-state index in [4.69, 9.17) is 5.11 Å². The predicted molar refractivity (Wildman–Crippen MR) is 36.8 cm³/mol. The first-order valence-electron chi connectivity index (χ1n) is 3.54. The number of alkyl halides is 3. The monoisotopic (exact) mass is 195 g/mol. The summed E-state index contributed by atoms with van der Waals surface area (Å²) in [6.45, 7) is 0.769. The van der Waals surface area contributed by atoms with Gasteiger partial charge in [0, 0.05) is 0 Å². The zero-order valence-electron chi connectivity index (χ0n) is 6.84. The summed E-state index contributed by atoms with van der Waals surface area (Å²) in [5.74, 6) is -1.03. The average Bonchev–Trinajstić information content (AvgIpc) is 2.30. The van der Waals surface area contributed by atoms with E-state index in [1.54, 1.807) is 0 Å². The number of halogens is 3. The molecule has 0 aliphatic heterocycles. The lowest BCUT2D eigenvalue weighted by molar-refractivity contribution is -0.148. The van der Waals surface area contributed by atoms with Crippen LogP contribution in [0, 0.1) is 6.92 Å². The molecule has 0 fully saturated rings. The van der Waals surface area contributed by atoms with Crippen LogP contribution in [-0.4, -0.2) is 26.5 Å². The van der Waals surface area contributed by atoms with Gasteiger partial charge in [-0.2, -0.15) is 18.3 Å². The van der Waals surface area contributed by atoms with Crippen LogP contribution in [-0.2, 0) is 12.7 Å². The van der Waals surface area contributed by atoms with Gasteiger partial charge in [-0.05, 0) is 6.92 Å². The molecule has 0 saturated heterocycles. The highest BCUT2D eigenvalue weighted by atomic mass is 19.4. The smallest absolute Gasteiger partial charge is 0.394 e. The van der Waals surface area contributed by atoms with Gasteiger partial charge in [-0.3, -0.25) is 0 Å². The van der Waals surface area contributed by atoms with Gasteiger partial charge in [0.15, 0.2) is 0 Å². The summed E-state index contributed by atoms with van der Waals surface area (Å²) >= 11 is 0. The van der Waals surface area contributed by atoms with Gasteiger partial charge in [0.2, 0.25) is 5.82 Å². The third-order valence-electron chi connectivity index (χ3n) is 1.34. The lowest BCUT2D eigenvalue weighted by Gasteiger charge is -2.06. The third-order valence-corrected chi connectivity index (χ3v) is 1.34. The standard InChI is InChI=1S/C6H8F3N3O/c1-4-10-5(6(7,8)9)12(11-4)2-3-13/h13H,2-3H2,1H3. The largest absolute Gasteiger partial charge is 0.451 e. The van der Waals surface area contributed by atoms with Crippen molar-refractivity contribution in [1.82, 2.24) is 14.8 Å². The minimum Gasteiger partial charge on any atom is -0.394 e. The van der Waals surface area contributed by atoms with E-state index in [0.717, 1.165) is 0 Å². The molecule has 1 heterocycles. The molecule has 1 aromatic heterocycles. The van der Waals surface area contributed by atoms with Gasteiger partial charge in [0.25, 0.3) is 0 Å². The Balaban J connectivity index is 3.04. The fourth-order valence-corrected chi connectivity index (χ4v) is 0.916. The van der Waals surface area contributed by atoms with Gasteiger partial charge in [-0.25, -0.2) is 9.67 Å². The van der Waals surface area contributed by atoms with Crippen molar-refractivity contribution in [3.8, 4) is 0 Å². The summed E-state index contributed by atoms with van der Waals surface area (Å²) in [5, 5.41) is 12.0. The first-order chi connectivity index (χ1) is 5.95. The first-order valence-corrected chi connectivity index (χ1v) is 3.54. The van der Waals surface area contributed by atoms with Crippen LogP contribution < -0.4 is 0 Å². The SMILES string of the molecule is Cc1nc(C(F)(F)F)n(CCO)n1. The number of aryl methyl sites for hydroxylation is 1. The molecular weight excluding hydrogens is 187 g/mol. The Bertz CT molecular complexity index is 294. The maximum Gasteiger partial charge on any atom is 0.451 e. The molecule has 0 saturated carbocycles. The van der Waals surface area contributed by atoms with Gasteiger partial charge < -0.3 is 5.11 Å². The maximum atomic E-state index is 12.2. The summed E-state index contributed by atoms with van der Waals surface area (Å²) in [4.78, 5) is 3.22. The zero-order valence-corrected chi connectivity index (χ0v) is 6.84. The molecule has 1 N–H and O–H groups in total. The Morgan fingerprint density at radius 3 is 2.54 bits per heavy atom. The third kappa shape index (κ3) is 2.18. The summed E-state index contributed by atoms with van der Waals surface area (Å²) in [6, 6.07) is 0. The molecule has 1 rings (SSSR count). The highest BCUT2D eigenvalue weighted by Crippen LogP contribution is 2.27. The first kappa shape index (κ1) is 9.97. The lowest BCUT2D eigenvalue weighted by atomic mass is 10.5. The minimum atomic E-state index is -4.52. The highest BCUT2D eigenvalue weighted by molar-refractivity contribution is 4.95. The predicted octanol–water partition coefficient (Wildman–Crippen LogP) is 0.598. The molecule has 0 aliphatic rings. The van der Waals surface area contributed by atoms with E-state index in [0.29, 0.717) is 4.68 Å². The van der Waals surface area contributed by atoms with E-state index >= 15 is 0 Å². The van der Waals surface area contributed by atoms with E-state index in [-0.39, 0.29) is 12.4 Å². The number of hydrogen-bond acceptors (Lipinski definition) is 3. The molecule has 0 spiro atoms. The summed E-state index contributed by atoms with van der Waals surface area (Å²) in [5.41, 5.74) is 0. The molecular formula is C6H8F3N3O. The Morgan fingerprint density at radius 2 is 2.08 bits per heavy atom. The van der Waals surface area contributed by atoms with Crippen molar-refractivity contribution in [2.75, 3.05) is 6.61 Å². The molecule has 0 aliphatic carbocycles. The molecule has 0 bridgehead atoms. The van der Waals surface area contributed by atoms with Crippen molar-refractivity contribution in [3.63, 3.8) is 0 Å². The van der Waals surface area contributed by atoms with Crippen molar-refractivity contribution >= 4 is 0 Å². The van der Waals surface area contributed by atoms with Crippen molar-refractivity contribution in [2.45, 2.75) is 19.6 Å². The summed E-state index contributed by atoms with van der Waals surface area (Å²) < 4.78 is 37.2. The second-order valence-corrected chi connectivity index (χ2v) is 2.43. The molecule has 0 atom stereocenters. The Hall–Kier alpha value is -1.11. The van der Waals surface area contributed by atoms with Gasteiger partial charge >= 0.3 is 6.18 Å². The number of aliphatic hydroxyl groups excluding tert-OH is 1. The van der Waals surface area contributed by atoms with Crippen LogP contribution in [0.1, 0.15) is 11.6 Å². The summed E-state index contributed by atoms with van der Waals surface area (Å²) in [7, 11) is 0.